The molecule has 0 spiro atoms. The molecule has 0 aliphatic carbocycles. The number of carboxylic acids is 1. The van der Waals surface area contributed by atoms with Crippen LogP contribution >= 0.6 is 0 Å². The molecule has 1 aliphatic heterocycles. The minimum atomic E-state index is -0.795. The van der Waals surface area contributed by atoms with E-state index in [2.05, 4.69) is 19.2 Å². The Hall–Kier alpha value is -0.610. The molecule has 0 aromatic heterocycles. The molecule has 1 aliphatic rings. The lowest BCUT2D eigenvalue weighted by molar-refractivity contribution is -0.139. The maximum Gasteiger partial charge on any atom is 0.306 e. The highest BCUT2D eigenvalue weighted by atomic mass is 16.5. The molecule has 4 heteroatoms. The van der Waals surface area contributed by atoms with E-state index in [1.165, 1.54) is 0 Å². The molecule has 0 radical (unpaired) electrons. The Kier molecular flexibility index (Phi) is 3.89. The summed E-state index contributed by atoms with van der Waals surface area (Å²) >= 11 is 0. The maximum absolute atomic E-state index is 10.5. The van der Waals surface area contributed by atoms with Crippen molar-refractivity contribution in [1.82, 2.24) is 5.32 Å². The Labute approximate surface area is 84.6 Å². The average molecular weight is 201 g/mol. The van der Waals surface area contributed by atoms with E-state index in [4.69, 9.17) is 9.84 Å². The van der Waals surface area contributed by atoms with E-state index in [1.54, 1.807) is 0 Å². The highest BCUT2D eigenvalue weighted by molar-refractivity contribution is 5.67. The number of hydrogen-bond donors (Lipinski definition) is 2. The lowest BCUT2D eigenvalue weighted by atomic mass is 9.95. The van der Waals surface area contributed by atoms with Crippen LogP contribution in [0.2, 0.25) is 0 Å². The third-order valence-electron chi connectivity index (χ3n) is 2.95. The molecule has 0 amide bonds. The van der Waals surface area contributed by atoms with E-state index in [0.717, 1.165) is 12.8 Å². The maximum atomic E-state index is 10.5. The van der Waals surface area contributed by atoms with Crippen molar-refractivity contribution < 1.29 is 14.6 Å². The fraction of sp³-hybridized carbons (Fsp3) is 0.900. The van der Waals surface area contributed by atoms with Gasteiger partial charge in [-0.15, -0.1) is 0 Å². The van der Waals surface area contributed by atoms with E-state index in [0.29, 0.717) is 13.2 Å². The first-order valence-corrected chi connectivity index (χ1v) is 5.14. The van der Waals surface area contributed by atoms with Gasteiger partial charge in [-0.3, -0.25) is 4.79 Å². The molecule has 0 aromatic carbocycles. The summed E-state index contributed by atoms with van der Waals surface area (Å²) in [6.07, 6.45) is 1.89. The molecule has 2 unspecified atom stereocenters. The Morgan fingerprint density at radius 2 is 2.43 bits per heavy atom. The van der Waals surface area contributed by atoms with Crippen LogP contribution in [0.15, 0.2) is 0 Å². The first-order valence-electron chi connectivity index (χ1n) is 5.14. The zero-order valence-electron chi connectivity index (χ0n) is 8.88. The highest BCUT2D eigenvalue weighted by Gasteiger charge is 2.27. The molecule has 0 saturated carbocycles. The molecular formula is C10H19NO3. The average Bonchev–Trinajstić information content (AvgIpc) is 2.29. The monoisotopic (exact) mass is 201 g/mol. The van der Waals surface area contributed by atoms with Crippen molar-refractivity contribution >= 4 is 5.97 Å². The predicted molar refractivity (Wildman–Crippen MR) is 53.3 cm³/mol. The van der Waals surface area contributed by atoms with Gasteiger partial charge in [-0.2, -0.15) is 0 Å². The summed E-state index contributed by atoms with van der Waals surface area (Å²) in [7, 11) is 0. The molecule has 0 bridgehead atoms. The Morgan fingerprint density at radius 3 is 3.00 bits per heavy atom. The Bertz CT molecular complexity index is 208. The third-order valence-corrected chi connectivity index (χ3v) is 2.95. The second-order valence-corrected chi connectivity index (χ2v) is 4.14. The first-order chi connectivity index (χ1) is 6.56. The molecule has 4 nitrogen and oxygen atoms in total. The molecule has 1 fully saturated rings. The molecule has 1 rings (SSSR count). The van der Waals surface area contributed by atoms with Gasteiger partial charge in [0.1, 0.15) is 0 Å². The lowest BCUT2D eigenvalue weighted by Gasteiger charge is -2.27. The van der Waals surface area contributed by atoms with E-state index in [9.17, 15) is 4.79 Å². The number of hydrogen-bond acceptors (Lipinski definition) is 3. The molecule has 14 heavy (non-hydrogen) atoms. The van der Waals surface area contributed by atoms with Gasteiger partial charge in [-0.1, -0.05) is 6.92 Å². The quantitative estimate of drug-likeness (QED) is 0.715. The van der Waals surface area contributed by atoms with E-state index >= 15 is 0 Å². The Balaban J connectivity index is 2.44. The topological polar surface area (TPSA) is 58.6 Å². The normalized spacial score (nSPS) is 33.7. The van der Waals surface area contributed by atoms with E-state index in [-0.39, 0.29) is 18.1 Å². The molecular weight excluding hydrogens is 182 g/mol. The van der Waals surface area contributed by atoms with Crippen molar-refractivity contribution in [2.24, 2.45) is 0 Å². The van der Waals surface area contributed by atoms with Crippen LogP contribution in [0.1, 0.15) is 33.1 Å². The van der Waals surface area contributed by atoms with E-state index in [1.807, 2.05) is 0 Å². The van der Waals surface area contributed by atoms with E-state index < -0.39 is 5.97 Å². The Morgan fingerprint density at radius 1 is 1.71 bits per heavy atom. The smallest absolute Gasteiger partial charge is 0.306 e. The second-order valence-electron chi connectivity index (χ2n) is 4.14. The van der Waals surface area contributed by atoms with Gasteiger partial charge in [0.2, 0.25) is 0 Å². The van der Waals surface area contributed by atoms with Crippen LogP contribution in [0.3, 0.4) is 0 Å². The number of aliphatic carboxylic acids is 1. The van der Waals surface area contributed by atoms with Crippen molar-refractivity contribution in [3.8, 4) is 0 Å². The standard InChI is InChI=1S/C10H19NO3/c1-3-10(2)4-5-14-8(7-11-10)6-9(12)13/h8,11H,3-7H2,1-2H3,(H,12,13). The van der Waals surface area contributed by atoms with Gasteiger partial charge in [0.15, 0.2) is 0 Å². The zero-order valence-corrected chi connectivity index (χ0v) is 8.88. The molecule has 82 valence electrons. The predicted octanol–water partition coefficient (Wildman–Crippen LogP) is 1.01. The van der Waals surface area contributed by atoms with Gasteiger partial charge in [0.25, 0.3) is 0 Å². The largest absolute Gasteiger partial charge is 0.481 e. The minimum Gasteiger partial charge on any atom is -0.481 e. The van der Waals surface area contributed by atoms with Crippen molar-refractivity contribution in [2.45, 2.75) is 44.8 Å². The summed E-state index contributed by atoms with van der Waals surface area (Å²) in [5.74, 6) is -0.795. The van der Waals surface area contributed by atoms with Crippen LogP contribution in [0.4, 0.5) is 0 Å². The van der Waals surface area contributed by atoms with Crippen LogP contribution < -0.4 is 5.32 Å². The molecule has 0 aromatic rings. The summed E-state index contributed by atoms with van der Waals surface area (Å²) in [6, 6.07) is 0. The van der Waals surface area contributed by atoms with Crippen LogP contribution in [-0.2, 0) is 9.53 Å². The van der Waals surface area contributed by atoms with Crippen LogP contribution in [0, 0.1) is 0 Å². The first kappa shape index (κ1) is 11.5. The summed E-state index contributed by atoms with van der Waals surface area (Å²) in [4.78, 5) is 10.5. The SMILES string of the molecule is CCC1(C)CCOC(CC(=O)O)CN1. The minimum absolute atomic E-state index is 0.0901. The van der Waals surface area contributed by atoms with Crippen molar-refractivity contribution in [3.05, 3.63) is 0 Å². The van der Waals surface area contributed by atoms with Crippen molar-refractivity contribution in [1.29, 1.82) is 0 Å². The molecule has 1 saturated heterocycles. The lowest BCUT2D eigenvalue weighted by Crippen LogP contribution is -2.43. The fourth-order valence-electron chi connectivity index (χ4n) is 1.59. The number of carboxylic acid groups (broad SMARTS) is 1. The van der Waals surface area contributed by atoms with Gasteiger partial charge in [-0.05, 0) is 19.8 Å². The number of rotatable bonds is 3. The molecule has 2 atom stereocenters. The van der Waals surface area contributed by atoms with Gasteiger partial charge < -0.3 is 15.2 Å². The molecule has 2 N–H and O–H groups in total. The van der Waals surface area contributed by atoms with Crippen LogP contribution in [-0.4, -0.2) is 35.9 Å². The highest BCUT2D eigenvalue weighted by Crippen LogP contribution is 2.18. The fourth-order valence-corrected chi connectivity index (χ4v) is 1.59. The number of carbonyl (C=O) groups is 1. The molecule has 1 heterocycles. The summed E-state index contributed by atoms with van der Waals surface area (Å²) in [5, 5.41) is 12.0. The third kappa shape index (κ3) is 3.27. The number of ether oxygens (including phenoxy) is 1. The van der Waals surface area contributed by atoms with Crippen molar-refractivity contribution in [3.63, 3.8) is 0 Å². The zero-order chi connectivity index (χ0) is 10.6. The van der Waals surface area contributed by atoms with Crippen LogP contribution in [0.25, 0.3) is 0 Å². The summed E-state index contributed by atoms with van der Waals surface area (Å²) < 4.78 is 5.47. The second kappa shape index (κ2) is 4.75. The number of nitrogens with one attached hydrogen (secondary N) is 1. The van der Waals surface area contributed by atoms with Gasteiger partial charge in [0, 0.05) is 18.7 Å². The van der Waals surface area contributed by atoms with Crippen LogP contribution in [0.5, 0.6) is 0 Å². The summed E-state index contributed by atoms with van der Waals surface area (Å²) in [5.41, 5.74) is 0.104. The summed E-state index contributed by atoms with van der Waals surface area (Å²) in [6.45, 7) is 5.57. The van der Waals surface area contributed by atoms with Gasteiger partial charge in [0.05, 0.1) is 12.5 Å². The van der Waals surface area contributed by atoms with Crippen molar-refractivity contribution in [2.75, 3.05) is 13.2 Å². The van der Waals surface area contributed by atoms with Gasteiger partial charge >= 0.3 is 5.97 Å². The van der Waals surface area contributed by atoms with Gasteiger partial charge in [-0.25, -0.2) is 0 Å².